The standard InChI is InChI=1S/C26H26N6O2/c1-16(2)29-26(34)32-10-8-22(33)13-18-4-5-19(14-24(18)32)25-27-9-7-21(30-25)12-17-3-6-23-20(11-17)15-28-31-23/h3-7,9,11,14-16H,8,10,12-13H2,1-2H3,(H,28,31)(H,29,34). The monoisotopic (exact) mass is 454 g/mol. The summed E-state index contributed by atoms with van der Waals surface area (Å²) in [6.45, 7) is 4.19. The molecule has 0 atom stereocenters. The van der Waals surface area contributed by atoms with E-state index < -0.39 is 0 Å². The van der Waals surface area contributed by atoms with Gasteiger partial charge in [-0.25, -0.2) is 14.8 Å². The number of fused-ring (bicyclic) bond motifs is 2. The molecule has 34 heavy (non-hydrogen) atoms. The molecule has 4 aromatic rings. The maximum absolute atomic E-state index is 12.9. The third-order valence-electron chi connectivity index (χ3n) is 5.90. The third-order valence-corrected chi connectivity index (χ3v) is 5.90. The minimum absolute atomic E-state index is 0.000581. The number of hydrogen-bond donors (Lipinski definition) is 2. The van der Waals surface area contributed by atoms with Crippen LogP contribution in [0.5, 0.6) is 0 Å². The molecule has 0 saturated heterocycles. The Bertz CT molecular complexity index is 1380. The lowest BCUT2D eigenvalue weighted by Gasteiger charge is -2.24. The summed E-state index contributed by atoms with van der Waals surface area (Å²) >= 11 is 0. The SMILES string of the molecule is CC(C)NC(=O)N1CCC(=O)Cc2ccc(-c3nccc(Cc4ccc5[nH]ncc5c4)n3)cc21. The Morgan fingerprint density at radius 1 is 1.18 bits per heavy atom. The quantitative estimate of drug-likeness (QED) is 0.484. The van der Waals surface area contributed by atoms with Crippen LogP contribution in [0.1, 0.15) is 37.1 Å². The van der Waals surface area contributed by atoms with Gasteiger partial charge in [-0.05, 0) is 49.2 Å². The second kappa shape index (κ2) is 9.05. The van der Waals surface area contributed by atoms with Crippen LogP contribution in [-0.4, -0.2) is 44.6 Å². The number of amides is 2. The average Bonchev–Trinajstić information content (AvgIpc) is 3.20. The van der Waals surface area contributed by atoms with Gasteiger partial charge in [0.25, 0.3) is 0 Å². The van der Waals surface area contributed by atoms with Gasteiger partial charge in [0.2, 0.25) is 0 Å². The minimum atomic E-state index is -0.201. The predicted molar refractivity (Wildman–Crippen MR) is 131 cm³/mol. The maximum atomic E-state index is 12.9. The fourth-order valence-electron chi connectivity index (χ4n) is 4.24. The van der Waals surface area contributed by atoms with E-state index in [4.69, 9.17) is 4.98 Å². The van der Waals surface area contributed by atoms with E-state index in [0.29, 0.717) is 31.6 Å². The molecule has 0 bridgehead atoms. The molecule has 0 radical (unpaired) electrons. The Morgan fingerprint density at radius 3 is 2.91 bits per heavy atom. The fourth-order valence-corrected chi connectivity index (χ4v) is 4.24. The van der Waals surface area contributed by atoms with Crippen molar-refractivity contribution in [3.05, 3.63) is 71.7 Å². The van der Waals surface area contributed by atoms with Crippen LogP contribution in [0, 0.1) is 0 Å². The van der Waals surface area contributed by atoms with Crippen molar-refractivity contribution < 1.29 is 9.59 Å². The molecule has 0 aliphatic carbocycles. The molecule has 3 heterocycles. The van der Waals surface area contributed by atoms with Crippen molar-refractivity contribution in [3.63, 3.8) is 0 Å². The Balaban J connectivity index is 1.46. The summed E-state index contributed by atoms with van der Waals surface area (Å²) in [5.74, 6) is 0.714. The Kier molecular flexibility index (Phi) is 5.79. The van der Waals surface area contributed by atoms with Gasteiger partial charge in [-0.15, -0.1) is 0 Å². The van der Waals surface area contributed by atoms with Crippen molar-refractivity contribution >= 4 is 28.4 Å². The molecule has 8 heteroatoms. The van der Waals surface area contributed by atoms with Crippen molar-refractivity contribution in [2.24, 2.45) is 0 Å². The van der Waals surface area contributed by atoms with Crippen LogP contribution < -0.4 is 10.2 Å². The molecule has 5 rings (SSSR count). The molecular weight excluding hydrogens is 428 g/mol. The molecule has 172 valence electrons. The summed E-state index contributed by atoms with van der Waals surface area (Å²) in [5, 5.41) is 11.0. The normalized spacial score (nSPS) is 13.7. The number of carbonyl (C=O) groups is 2. The number of anilines is 1. The first-order chi connectivity index (χ1) is 16.5. The molecule has 8 nitrogen and oxygen atoms in total. The zero-order chi connectivity index (χ0) is 23.7. The first kappa shape index (κ1) is 21.8. The van der Waals surface area contributed by atoms with Crippen molar-refractivity contribution in [1.82, 2.24) is 25.5 Å². The van der Waals surface area contributed by atoms with Crippen LogP contribution >= 0.6 is 0 Å². The van der Waals surface area contributed by atoms with Crippen LogP contribution in [0.15, 0.2) is 54.9 Å². The van der Waals surface area contributed by atoms with E-state index >= 15 is 0 Å². The summed E-state index contributed by atoms with van der Waals surface area (Å²) in [4.78, 5) is 36.1. The number of carbonyl (C=O) groups excluding carboxylic acids is 2. The Hall–Kier alpha value is -4.07. The van der Waals surface area contributed by atoms with Crippen molar-refractivity contribution in [1.29, 1.82) is 0 Å². The van der Waals surface area contributed by atoms with Gasteiger partial charge in [0.15, 0.2) is 5.82 Å². The van der Waals surface area contributed by atoms with E-state index in [9.17, 15) is 9.59 Å². The molecule has 1 aliphatic heterocycles. The van der Waals surface area contributed by atoms with Crippen LogP contribution in [0.2, 0.25) is 0 Å². The second-order valence-electron chi connectivity index (χ2n) is 8.90. The zero-order valence-corrected chi connectivity index (χ0v) is 19.2. The number of nitrogens with zero attached hydrogens (tertiary/aromatic N) is 4. The van der Waals surface area contributed by atoms with Gasteiger partial charge < -0.3 is 5.32 Å². The highest BCUT2D eigenvalue weighted by atomic mass is 16.2. The largest absolute Gasteiger partial charge is 0.336 e. The van der Waals surface area contributed by atoms with Crippen LogP contribution in [-0.2, 0) is 17.6 Å². The van der Waals surface area contributed by atoms with Gasteiger partial charge >= 0.3 is 6.03 Å². The number of aromatic amines is 1. The van der Waals surface area contributed by atoms with Crippen molar-refractivity contribution in [3.8, 4) is 11.4 Å². The van der Waals surface area contributed by atoms with E-state index in [0.717, 1.165) is 39.0 Å². The summed E-state index contributed by atoms with van der Waals surface area (Å²) in [5.41, 5.74) is 5.42. The van der Waals surface area contributed by atoms with Crippen molar-refractivity contribution in [2.75, 3.05) is 11.4 Å². The number of nitrogens with one attached hydrogen (secondary N) is 2. The number of ketones is 1. The molecule has 2 N–H and O–H groups in total. The van der Waals surface area contributed by atoms with E-state index in [1.165, 1.54) is 0 Å². The average molecular weight is 455 g/mol. The molecule has 0 saturated carbocycles. The minimum Gasteiger partial charge on any atom is -0.336 e. The Morgan fingerprint density at radius 2 is 2.06 bits per heavy atom. The van der Waals surface area contributed by atoms with Crippen LogP contribution in [0.25, 0.3) is 22.3 Å². The smallest absolute Gasteiger partial charge is 0.322 e. The first-order valence-corrected chi connectivity index (χ1v) is 11.4. The van der Waals surface area contributed by atoms with Crippen LogP contribution in [0.3, 0.4) is 0 Å². The summed E-state index contributed by atoms with van der Waals surface area (Å²) in [7, 11) is 0. The molecule has 0 unspecified atom stereocenters. The molecular formula is C26H26N6O2. The van der Waals surface area contributed by atoms with E-state index in [-0.39, 0.29) is 17.9 Å². The zero-order valence-electron chi connectivity index (χ0n) is 19.2. The van der Waals surface area contributed by atoms with Gasteiger partial charge in [-0.1, -0.05) is 18.2 Å². The number of benzene rings is 2. The third kappa shape index (κ3) is 4.52. The number of urea groups is 1. The van der Waals surface area contributed by atoms with Gasteiger partial charge in [0.1, 0.15) is 5.78 Å². The number of aromatic nitrogens is 4. The lowest BCUT2D eigenvalue weighted by atomic mass is 10.0. The van der Waals surface area contributed by atoms with Gasteiger partial charge in [0.05, 0.1) is 11.7 Å². The fraction of sp³-hybridized carbons (Fsp3) is 0.269. The van der Waals surface area contributed by atoms with E-state index in [2.05, 4.69) is 32.6 Å². The Labute approximate surface area is 197 Å². The van der Waals surface area contributed by atoms with Gasteiger partial charge in [0, 0.05) is 60.4 Å². The van der Waals surface area contributed by atoms with Crippen molar-refractivity contribution in [2.45, 2.75) is 39.2 Å². The number of hydrogen-bond acceptors (Lipinski definition) is 5. The molecule has 2 aromatic heterocycles. The van der Waals surface area contributed by atoms with Gasteiger partial charge in [-0.2, -0.15) is 5.10 Å². The van der Waals surface area contributed by atoms with E-state index in [1.807, 2.05) is 50.4 Å². The van der Waals surface area contributed by atoms with E-state index in [1.54, 1.807) is 11.1 Å². The predicted octanol–water partition coefficient (Wildman–Crippen LogP) is 4.05. The number of Topliss-reactive ketones (excluding diaryl/α,β-unsaturated/α-hetero) is 1. The molecule has 0 fully saturated rings. The number of H-pyrrole nitrogens is 1. The molecule has 2 aromatic carbocycles. The topological polar surface area (TPSA) is 104 Å². The molecule has 0 spiro atoms. The summed E-state index contributed by atoms with van der Waals surface area (Å²) < 4.78 is 0. The summed E-state index contributed by atoms with van der Waals surface area (Å²) in [6.07, 6.45) is 4.89. The lowest BCUT2D eigenvalue weighted by Crippen LogP contribution is -2.43. The van der Waals surface area contributed by atoms with Crippen LogP contribution in [0.4, 0.5) is 10.5 Å². The highest BCUT2D eigenvalue weighted by Crippen LogP contribution is 2.30. The van der Waals surface area contributed by atoms with Gasteiger partial charge in [-0.3, -0.25) is 14.8 Å². The number of rotatable bonds is 4. The molecule has 1 aliphatic rings. The highest BCUT2D eigenvalue weighted by Gasteiger charge is 2.25. The lowest BCUT2D eigenvalue weighted by molar-refractivity contribution is -0.118. The maximum Gasteiger partial charge on any atom is 0.322 e. The highest BCUT2D eigenvalue weighted by molar-refractivity contribution is 5.97. The molecule has 2 amide bonds. The second-order valence-corrected chi connectivity index (χ2v) is 8.90. The summed E-state index contributed by atoms with van der Waals surface area (Å²) in [6, 6.07) is 13.6. The first-order valence-electron chi connectivity index (χ1n) is 11.4.